The van der Waals surface area contributed by atoms with Crippen molar-refractivity contribution in [2.75, 3.05) is 26.2 Å². The average Bonchev–Trinajstić information content (AvgIpc) is 2.40. The Hall–Kier alpha value is -0.120. The van der Waals surface area contributed by atoms with Crippen LogP contribution in [0.3, 0.4) is 0 Å². The molecular formula is C15H28N2O. The molecule has 3 nitrogen and oxygen atoms in total. The van der Waals surface area contributed by atoms with E-state index in [1.165, 1.54) is 51.5 Å². The standard InChI is InChI=1S/C15H28N2O/c1-13-12-16-8-9-17(13)14-5-10-18-15(11-14)6-3-2-4-7-15/h13-14,16H,2-12H2,1H3/t13-,14?/m0/s1. The van der Waals surface area contributed by atoms with E-state index >= 15 is 0 Å². The van der Waals surface area contributed by atoms with Crippen LogP contribution in [0.4, 0.5) is 0 Å². The molecule has 0 aromatic carbocycles. The van der Waals surface area contributed by atoms with Crippen molar-refractivity contribution in [2.45, 2.75) is 69.6 Å². The van der Waals surface area contributed by atoms with Gasteiger partial charge in [0.05, 0.1) is 5.60 Å². The normalized spacial score (nSPS) is 37.8. The Morgan fingerprint density at radius 2 is 2.06 bits per heavy atom. The van der Waals surface area contributed by atoms with Crippen molar-refractivity contribution in [2.24, 2.45) is 0 Å². The van der Waals surface area contributed by atoms with Gasteiger partial charge in [-0.3, -0.25) is 4.90 Å². The highest BCUT2D eigenvalue weighted by atomic mass is 16.5. The lowest BCUT2D eigenvalue weighted by molar-refractivity contribution is -0.129. The zero-order chi connectivity index (χ0) is 12.4. The second-order valence-electron chi connectivity index (χ2n) is 6.53. The third-order valence-electron chi connectivity index (χ3n) is 5.25. The molecular weight excluding hydrogens is 224 g/mol. The van der Waals surface area contributed by atoms with Crippen molar-refractivity contribution in [1.82, 2.24) is 10.2 Å². The summed E-state index contributed by atoms with van der Waals surface area (Å²) in [6.45, 7) is 6.90. The lowest BCUT2D eigenvalue weighted by Crippen LogP contribution is -2.58. The van der Waals surface area contributed by atoms with Crippen LogP contribution in [0.25, 0.3) is 0 Å². The molecule has 2 heterocycles. The highest BCUT2D eigenvalue weighted by molar-refractivity contribution is 4.94. The summed E-state index contributed by atoms with van der Waals surface area (Å²) in [6, 6.07) is 1.47. The number of ether oxygens (including phenoxy) is 1. The van der Waals surface area contributed by atoms with Gasteiger partial charge in [-0.1, -0.05) is 19.3 Å². The molecule has 2 aliphatic heterocycles. The van der Waals surface area contributed by atoms with Crippen LogP contribution in [0.1, 0.15) is 51.9 Å². The molecule has 2 saturated heterocycles. The minimum absolute atomic E-state index is 0.256. The smallest absolute Gasteiger partial charge is 0.0697 e. The van der Waals surface area contributed by atoms with Gasteiger partial charge in [0.15, 0.2) is 0 Å². The maximum Gasteiger partial charge on any atom is 0.0697 e. The molecule has 3 heteroatoms. The highest BCUT2D eigenvalue weighted by Crippen LogP contribution is 2.40. The van der Waals surface area contributed by atoms with E-state index in [2.05, 4.69) is 17.1 Å². The number of nitrogens with one attached hydrogen (secondary N) is 1. The molecule has 1 unspecified atom stereocenters. The Morgan fingerprint density at radius 3 is 2.83 bits per heavy atom. The van der Waals surface area contributed by atoms with E-state index in [1.807, 2.05) is 0 Å². The topological polar surface area (TPSA) is 24.5 Å². The Labute approximate surface area is 111 Å². The summed E-state index contributed by atoms with van der Waals surface area (Å²) in [6.07, 6.45) is 9.32. The molecule has 18 heavy (non-hydrogen) atoms. The molecule has 2 atom stereocenters. The number of hydrogen-bond acceptors (Lipinski definition) is 3. The van der Waals surface area contributed by atoms with Crippen molar-refractivity contribution >= 4 is 0 Å². The molecule has 1 saturated carbocycles. The van der Waals surface area contributed by atoms with E-state index in [4.69, 9.17) is 4.74 Å². The first-order chi connectivity index (χ1) is 8.79. The summed E-state index contributed by atoms with van der Waals surface area (Å²) < 4.78 is 6.22. The highest BCUT2D eigenvalue weighted by Gasteiger charge is 2.41. The first-order valence-electron chi connectivity index (χ1n) is 7.90. The summed E-state index contributed by atoms with van der Waals surface area (Å²) in [5, 5.41) is 3.50. The summed E-state index contributed by atoms with van der Waals surface area (Å²) in [4.78, 5) is 2.75. The number of piperazine rings is 1. The van der Waals surface area contributed by atoms with Gasteiger partial charge in [0.25, 0.3) is 0 Å². The lowest BCUT2D eigenvalue weighted by atomic mass is 9.77. The fourth-order valence-electron chi connectivity index (χ4n) is 4.23. The quantitative estimate of drug-likeness (QED) is 0.774. The van der Waals surface area contributed by atoms with Gasteiger partial charge in [0.1, 0.15) is 0 Å². The van der Waals surface area contributed by atoms with Crippen LogP contribution in [-0.2, 0) is 4.74 Å². The van der Waals surface area contributed by atoms with Gasteiger partial charge in [0.2, 0.25) is 0 Å². The van der Waals surface area contributed by atoms with E-state index in [0.29, 0.717) is 6.04 Å². The Bertz CT molecular complexity index is 270. The van der Waals surface area contributed by atoms with Gasteiger partial charge >= 0.3 is 0 Å². The van der Waals surface area contributed by atoms with Gasteiger partial charge in [-0.15, -0.1) is 0 Å². The molecule has 3 rings (SSSR count). The first-order valence-corrected chi connectivity index (χ1v) is 7.90. The molecule has 0 aromatic rings. The average molecular weight is 252 g/mol. The molecule has 0 radical (unpaired) electrons. The third-order valence-corrected chi connectivity index (χ3v) is 5.25. The maximum atomic E-state index is 6.22. The predicted molar refractivity (Wildman–Crippen MR) is 73.8 cm³/mol. The number of nitrogens with zero attached hydrogens (tertiary/aromatic N) is 1. The van der Waals surface area contributed by atoms with Crippen LogP contribution in [0.15, 0.2) is 0 Å². The maximum absolute atomic E-state index is 6.22. The van der Waals surface area contributed by atoms with Crippen molar-refractivity contribution in [3.8, 4) is 0 Å². The Morgan fingerprint density at radius 1 is 1.22 bits per heavy atom. The van der Waals surface area contributed by atoms with Crippen molar-refractivity contribution < 1.29 is 4.74 Å². The zero-order valence-electron chi connectivity index (χ0n) is 11.8. The van der Waals surface area contributed by atoms with E-state index in [0.717, 1.165) is 25.7 Å². The SMILES string of the molecule is C[C@H]1CNCCN1C1CCOC2(CCCCC2)C1. The zero-order valence-corrected chi connectivity index (χ0v) is 11.8. The molecule has 0 aromatic heterocycles. The van der Waals surface area contributed by atoms with E-state index in [1.54, 1.807) is 0 Å². The first kappa shape index (κ1) is 12.9. The lowest BCUT2D eigenvalue weighted by Gasteiger charge is -2.49. The summed E-state index contributed by atoms with van der Waals surface area (Å²) >= 11 is 0. The van der Waals surface area contributed by atoms with E-state index in [9.17, 15) is 0 Å². The van der Waals surface area contributed by atoms with Crippen LogP contribution < -0.4 is 5.32 Å². The Kier molecular flexibility index (Phi) is 3.92. The minimum atomic E-state index is 0.256. The number of rotatable bonds is 1. The molecule has 3 aliphatic rings. The second kappa shape index (κ2) is 5.48. The van der Waals surface area contributed by atoms with Crippen molar-refractivity contribution in [3.63, 3.8) is 0 Å². The van der Waals surface area contributed by atoms with E-state index in [-0.39, 0.29) is 5.60 Å². The van der Waals surface area contributed by atoms with E-state index < -0.39 is 0 Å². The predicted octanol–water partition coefficient (Wildman–Crippen LogP) is 2.16. The number of hydrogen-bond donors (Lipinski definition) is 1. The van der Waals surface area contributed by atoms with Gasteiger partial charge in [-0.05, 0) is 32.6 Å². The molecule has 0 amide bonds. The summed E-state index contributed by atoms with van der Waals surface area (Å²) in [5.41, 5.74) is 0.256. The van der Waals surface area contributed by atoms with Gasteiger partial charge in [-0.2, -0.15) is 0 Å². The van der Waals surface area contributed by atoms with Gasteiger partial charge in [0, 0.05) is 38.3 Å². The largest absolute Gasteiger partial charge is 0.375 e. The molecule has 1 N–H and O–H groups in total. The van der Waals surface area contributed by atoms with Crippen LogP contribution in [0.2, 0.25) is 0 Å². The van der Waals surface area contributed by atoms with Crippen molar-refractivity contribution in [1.29, 1.82) is 0 Å². The Balaban J connectivity index is 1.65. The minimum Gasteiger partial charge on any atom is -0.375 e. The molecule has 104 valence electrons. The van der Waals surface area contributed by atoms with Crippen LogP contribution in [0, 0.1) is 0 Å². The molecule has 1 spiro atoms. The molecule has 1 aliphatic carbocycles. The van der Waals surface area contributed by atoms with Crippen LogP contribution >= 0.6 is 0 Å². The molecule has 0 bridgehead atoms. The van der Waals surface area contributed by atoms with Crippen LogP contribution in [-0.4, -0.2) is 48.8 Å². The summed E-state index contributed by atoms with van der Waals surface area (Å²) in [5.74, 6) is 0. The van der Waals surface area contributed by atoms with Gasteiger partial charge in [-0.25, -0.2) is 0 Å². The fourth-order valence-corrected chi connectivity index (χ4v) is 4.23. The van der Waals surface area contributed by atoms with Gasteiger partial charge < -0.3 is 10.1 Å². The fraction of sp³-hybridized carbons (Fsp3) is 1.00. The molecule has 3 fully saturated rings. The third kappa shape index (κ3) is 2.59. The second-order valence-corrected chi connectivity index (χ2v) is 6.53. The van der Waals surface area contributed by atoms with Crippen molar-refractivity contribution in [3.05, 3.63) is 0 Å². The summed E-state index contributed by atoms with van der Waals surface area (Å²) in [7, 11) is 0. The van der Waals surface area contributed by atoms with Crippen LogP contribution in [0.5, 0.6) is 0 Å². The monoisotopic (exact) mass is 252 g/mol.